The highest BCUT2D eigenvalue weighted by Gasteiger charge is 2.19. The van der Waals surface area contributed by atoms with Gasteiger partial charge in [-0.1, -0.05) is 39.0 Å². The van der Waals surface area contributed by atoms with Gasteiger partial charge in [-0.15, -0.1) is 0 Å². The molecule has 0 N–H and O–H groups in total. The van der Waals surface area contributed by atoms with E-state index in [1.54, 1.807) is 6.92 Å². The molecule has 0 aliphatic rings. The summed E-state index contributed by atoms with van der Waals surface area (Å²) in [4.78, 5) is 16.6. The molecule has 2 nitrogen and oxygen atoms in total. The summed E-state index contributed by atoms with van der Waals surface area (Å²) in [6, 6.07) is 7.91. The third-order valence-corrected chi connectivity index (χ3v) is 3.19. The van der Waals surface area contributed by atoms with Gasteiger partial charge in [0, 0.05) is 22.1 Å². The minimum atomic E-state index is -0.0549. The Morgan fingerprint density at radius 3 is 2.44 bits per heavy atom. The van der Waals surface area contributed by atoms with E-state index >= 15 is 0 Å². The fraction of sp³-hybridized carbons (Fsp3) is 0.375. The van der Waals surface area contributed by atoms with Crippen LogP contribution < -0.4 is 0 Å². The van der Waals surface area contributed by atoms with Crippen LogP contribution in [0, 0.1) is 6.92 Å². The van der Waals surface area contributed by atoms with Crippen LogP contribution in [0.2, 0.25) is 0 Å². The normalized spacial score (nSPS) is 11.8. The van der Waals surface area contributed by atoms with Gasteiger partial charge in [0.25, 0.3) is 0 Å². The standard InChI is InChI=1S/C16H19NO/c1-10-7-6-8-12-13(11(2)18)9-14(16(3,4)5)17-15(10)12/h6-9H,1-5H3. The number of nitrogens with zero attached hydrogens (tertiary/aromatic N) is 1. The van der Waals surface area contributed by atoms with Crippen molar-refractivity contribution in [3.63, 3.8) is 0 Å². The fourth-order valence-electron chi connectivity index (χ4n) is 2.07. The number of hydrogen-bond acceptors (Lipinski definition) is 2. The Bertz CT molecular complexity index is 621. The average Bonchev–Trinajstić information content (AvgIpc) is 2.27. The van der Waals surface area contributed by atoms with Gasteiger partial charge in [-0.05, 0) is 25.5 Å². The van der Waals surface area contributed by atoms with E-state index in [2.05, 4.69) is 20.8 Å². The number of para-hydroxylation sites is 1. The number of carbonyl (C=O) groups excluding carboxylic acids is 1. The van der Waals surface area contributed by atoms with Crippen molar-refractivity contribution < 1.29 is 4.79 Å². The molecule has 0 atom stereocenters. The molecule has 0 spiro atoms. The summed E-state index contributed by atoms with van der Waals surface area (Å²) in [5.74, 6) is 0.0958. The van der Waals surface area contributed by atoms with Crippen LogP contribution in [-0.2, 0) is 5.41 Å². The number of hydrogen-bond donors (Lipinski definition) is 0. The van der Waals surface area contributed by atoms with E-state index in [0.29, 0.717) is 0 Å². The lowest BCUT2D eigenvalue weighted by atomic mass is 9.89. The number of fused-ring (bicyclic) bond motifs is 1. The Morgan fingerprint density at radius 1 is 1.22 bits per heavy atom. The molecule has 1 aromatic heterocycles. The highest BCUT2D eigenvalue weighted by molar-refractivity contribution is 6.06. The summed E-state index contributed by atoms with van der Waals surface area (Å²) >= 11 is 0. The average molecular weight is 241 g/mol. The maximum Gasteiger partial charge on any atom is 0.160 e. The van der Waals surface area contributed by atoms with Crippen LogP contribution in [0.5, 0.6) is 0 Å². The predicted octanol–water partition coefficient (Wildman–Crippen LogP) is 4.04. The van der Waals surface area contributed by atoms with E-state index in [0.717, 1.165) is 27.7 Å². The Balaban J connectivity index is 2.88. The molecule has 2 rings (SSSR count). The van der Waals surface area contributed by atoms with Crippen molar-refractivity contribution in [1.82, 2.24) is 4.98 Å². The lowest BCUT2D eigenvalue weighted by molar-refractivity contribution is 0.101. The van der Waals surface area contributed by atoms with E-state index in [4.69, 9.17) is 4.98 Å². The van der Waals surface area contributed by atoms with Gasteiger partial charge in [0.1, 0.15) is 0 Å². The summed E-state index contributed by atoms with van der Waals surface area (Å²) in [5, 5.41) is 0.954. The number of aryl methyl sites for hydroxylation is 1. The number of pyridine rings is 1. The van der Waals surface area contributed by atoms with Crippen LogP contribution in [0.25, 0.3) is 10.9 Å². The molecule has 94 valence electrons. The number of rotatable bonds is 1. The summed E-state index contributed by atoms with van der Waals surface area (Å²) in [5.41, 5.74) is 3.74. The van der Waals surface area contributed by atoms with Crippen molar-refractivity contribution in [3.8, 4) is 0 Å². The molecule has 0 amide bonds. The number of Topliss-reactive ketones (excluding diaryl/α,β-unsaturated/α-hetero) is 1. The zero-order valence-electron chi connectivity index (χ0n) is 11.7. The maximum absolute atomic E-state index is 11.8. The zero-order valence-corrected chi connectivity index (χ0v) is 11.7. The molecule has 0 aliphatic heterocycles. The van der Waals surface area contributed by atoms with Crippen LogP contribution in [-0.4, -0.2) is 10.8 Å². The molecule has 0 saturated heterocycles. The number of aromatic nitrogens is 1. The van der Waals surface area contributed by atoms with E-state index in [1.807, 2.05) is 31.2 Å². The lowest BCUT2D eigenvalue weighted by Gasteiger charge is -2.20. The molecular weight excluding hydrogens is 222 g/mol. The summed E-state index contributed by atoms with van der Waals surface area (Å²) < 4.78 is 0. The highest BCUT2D eigenvalue weighted by Crippen LogP contribution is 2.27. The summed E-state index contributed by atoms with van der Waals surface area (Å²) in [6.45, 7) is 9.99. The first-order valence-corrected chi connectivity index (χ1v) is 6.22. The van der Waals surface area contributed by atoms with Gasteiger partial charge in [-0.2, -0.15) is 0 Å². The van der Waals surface area contributed by atoms with Gasteiger partial charge in [0.2, 0.25) is 0 Å². The zero-order chi connectivity index (χ0) is 13.5. The van der Waals surface area contributed by atoms with Crippen LogP contribution in [0.1, 0.15) is 49.3 Å². The van der Waals surface area contributed by atoms with E-state index in [1.165, 1.54) is 0 Å². The third-order valence-electron chi connectivity index (χ3n) is 3.19. The first-order valence-electron chi connectivity index (χ1n) is 6.22. The van der Waals surface area contributed by atoms with Gasteiger partial charge in [0.05, 0.1) is 5.52 Å². The largest absolute Gasteiger partial charge is 0.294 e. The van der Waals surface area contributed by atoms with Crippen LogP contribution in [0.4, 0.5) is 0 Å². The van der Waals surface area contributed by atoms with Gasteiger partial charge in [-0.25, -0.2) is 0 Å². The molecule has 2 aromatic rings. The van der Waals surface area contributed by atoms with Crippen LogP contribution in [0.3, 0.4) is 0 Å². The molecule has 0 fully saturated rings. The first kappa shape index (κ1) is 12.7. The quantitative estimate of drug-likeness (QED) is 0.705. The highest BCUT2D eigenvalue weighted by atomic mass is 16.1. The molecular formula is C16H19NO. The SMILES string of the molecule is CC(=O)c1cc(C(C)(C)C)nc2c(C)cccc12. The van der Waals surface area contributed by atoms with Gasteiger partial charge in [0.15, 0.2) is 5.78 Å². The number of benzene rings is 1. The second kappa shape index (κ2) is 4.20. The molecule has 0 saturated carbocycles. The van der Waals surface area contributed by atoms with E-state index < -0.39 is 0 Å². The Labute approximate surface area is 108 Å². The van der Waals surface area contributed by atoms with Crippen molar-refractivity contribution in [2.45, 2.75) is 40.0 Å². The molecule has 18 heavy (non-hydrogen) atoms. The monoisotopic (exact) mass is 241 g/mol. The minimum Gasteiger partial charge on any atom is -0.294 e. The first-order chi connectivity index (χ1) is 8.30. The minimum absolute atomic E-state index is 0.0549. The number of ketones is 1. The van der Waals surface area contributed by atoms with Crippen molar-refractivity contribution >= 4 is 16.7 Å². The topological polar surface area (TPSA) is 30.0 Å². The van der Waals surface area contributed by atoms with Crippen molar-refractivity contribution in [2.75, 3.05) is 0 Å². The summed E-state index contributed by atoms with van der Waals surface area (Å²) in [7, 11) is 0. The Kier molecular flexibility index (Phi) is 2.97. The van der Waals surface area contributed by atoms with Gasteiger partial charge < -0.3 is 0 Å². The molecule has 1 aromatic carbocycles. The number of carbonyl (C=O) groups is 1. The summed E-state index contributed by atoms with van der Waals surface area (Å²) in [6.07, 6.45) is 0. The second-order valence-corrected chi connectivity index (χ2v) is 5.83. The van der Waals surface area contributed by atoms with E-state index in [9.17, 15) is 4.79 Å². The molecule has 1 heterocycles. The lowest BCUT2D eigenvalue weighted by Crippen LogP contribution is -2.15. The van der Waals surface area contributed by atoms with E-state index in [-0.39, 0.29) is 11.2 Å². The Morgan fingerprint density at radius 2 is 1.89 bits per heavy atom. The predicted molar refractivity (Wildman–Crippen MR) is 75.2 cm³/mol. The van der Waals surface area contributed by atoms with Crippen molar-refractivity contribution in [3.05, 3.63) is 41.1 Å². The Hall–Kier alpha value is -1.70. The van der Waals surface area contributed by atoms with Crippen molar-refractivity contribution in [1.29, 1.82) is 0 Å². The molecule has 0 bridgehead atoms. The molecule has 0 aliphatic carbocycles. The molecule has 0 unspecified atom stereocenters. The fourth-order valence-corrected chi connectivity index (χ4v) is 2.07. The molecule has 0 radical (unpaired) electrons. The maximum atomic E-state index is 11.8. The van der Waals surface area contributed by atoms with Crippen molar-refractivity contribution in [2.24, 2.45) is 0 Å². The third kappa shape index (κ3) is 2.15. The van der Waals surface area contributed by atoms with Gasteiger partial charge >= 0.3 is 0 Å². The second-order valence-electron chi connectivity index (χ2n) is 5.83. The molecule has 2 heteroatoms. The van der Waals surface area contributed by atoms with Crippen LogP contribution in [0.15, 0.2) is 24.3 Å². The smallest absolute Gasteiger partial charge is 0.160 e. The van der Waals surface area contributed by atoms with Crippen LogP contribution >= 0.6 is 0 Å². The van der Waals surface area contributed by atoms with Gasteiger partial charge in [-0.3, -0.25) is 9.78 Å².